The number of nitrogen functional groups attached to an aromatic ring is 1. The second-order valence-electron chi connectivity index (χ2n) is 5.14. The molecule has 1 atom stereocenters. The minimum Gasteiger partial charge on any atom is -0.383 e. The number of aryl methyl sites for hydroxylation is 1. The first-order valence-corrected chi connectivity index (χ1v) is 8.12. The van der Waals surface area contributed by atoms with Gasteiger partial charge >= 0.3 is 0 Å². The van der Waals surface area contributed by atoms with Crippen LogP contribution < -0.4 is 5.73 Å². The molecule has 1 aliphatic rings. The molecule has 5 heteroatoms. The first kappa shape index (κ1) is 15.0. The minimum absolute atomic E-state index is 0.00306. The van der Waals surface area contributed by atoms with Crippen molar-refractivity contribution in [1.29, 1.82) is 0 Å². The van der Waals surface area contributed by atoms with E-state index < -0.39 is 0 Å². The van der Waals surface area contributed by atoms with Gasteiger partial charge in [0.15, 0.2) is 5.82 Å². The van der Waals surface area contributed by atoms with Gasteiger partial charge < -0.3 is 10.5 Å². The highest BCUT2D eigenvalue weighted by Gasteiger charge is 2.28. The molecular weight excluding hydrogens is 353 g/mol. The largest absolute Gasteiger partial charge is 0.383 e. The van der Waals surface area contributed by atoms with Crippen molar-refractivity contribution in [2.45, 2.75) is 52.1 Å². The summed E-state index contributed by atoms with van der Waals surface area (Å²) in [6.07, 6.45) is 6.32. The minimum atomic E-state index is 0.00306. The molecule has 1 aromatic rings. The molecule has 0 saturated heterocycles. The summed E-state index contributed by atoms with van der Waals surface area (Å²) >= 11 is 2.19. The van der Waals surface area contributed by atoms with Crippen molar-refractivity contribution in [2.75, 3.05) is 12.3 Å². The van der Waals surface area contributed by atoms with Crippen LogP contribution >= 0.6 is 22.6 Å². The highest BCUT2D eigenvalue weighted by Crippen LogP contribution is 2.36. The molecule has 106 valence electrons. The summed E-state index contributed by atoms with van der Waals surface area (Å²) in [6.45, 7) is 4.70. The Labute approximate surface area is 128 Å². The predicted octanol–water partition coefficient (Wildman–Crippen LogP) is 3.63. The van der Waals surface area contributed by atoms with Crippen LogP contribution in [-0.2, 0) is 4.74 Å². The molecule has 0 aromatic carbocycles. The quantitative estimate of drug-likeness (QED) is 0.817. The maximum atomic E-state index is 5.97. The van der Waals surface area contributed by atoms with Crippen LogP contribution in [0, 0.1) is 16.4 Å². The Morgan fingerprint density at radius 3 is 2.58 bits per heavy atom. The Morgan fingerprint density at radius 2 is 2.00 bits per heavy atom. The van der Waals surface area contributed by atoms with E-state index in [1.807, 2.05) is 13.8 Å². The number of ether oxygens (including phenoxy) is 1. The third-order valence-corrected chi connectivity index (χ3v) is 5.07. The van der Waals surface area contributed by atoms with E-state index >= 15 is 0 Å². The maximum absolute atomic E-state index is 5.97. The van der Waals surface area contributed by atoms with E-state index in [4.69, 9.17) is 10.5 Å². The van der Waals surface area contributed by atoms with Crippen LogP contribution in [0.25, 0.3) is 0 Å². The number of nitrogens with two attached hydrogens (primary N) is 1. The van der Waals surface area contributed by atoms with Crippen molar-refractivity contribution in [1.82, 2.24) is 9.97 Å². The van der Waals surface area contributed by atoms with Gasteiger partial charge in [-0.05, 0) is 55.2 Å². The van der Waals surface area contributed by atoms with E-state index in [2.05, 4.69) is 32.6 Å². The van der Waals surface area contributed by atoms with Gasteiger partial charge in [-0.3, -0.25) is 0 Å². The van der Waals surface area contributed by atoms with Gasteiger partial charge in [0.05, 0.1) is 9.26 Å². The zero-order chi connectivity index (χ0) is 13.8. The Balaban J connectivity index is 2.27. The van der Waals surface area contributed by atoms with E-state index in [-0.39, 0.29) is 6.10 Å². The van der Waals surface area contributed by atoms with Crippen LogP contribution in [0.4, 0.5) is 5.82 Å². The normalized spacial score (nSPS) is 18.5. The van der Waals surface area contributed by atoms with E-state index in [9.17, 15) is 0 Å². The highest BCUT2D eigenvalue weighted by molar-refractivity contribution is 14.1. The summed E-state index contributed by atoms with van der Waals surface area (Å²) in [6, 6.07) is 0. The molecule has 1 unspecified atom stereocenters. The number of nitrogens with zero attached hydrogens (tertiary/aromatic N) is 2. The SMILES string of the molecule is CCOC(c1nc(C)c(I)c(N)n1)C1CCCCC1. The van der Waals surface area contributed by atoms with Crippen LogP contribution in [0.1, 0.15) is 56.7 Å². The molecule has 0 spiro atoms. The average Bonchev–Trinajstić information content (AvgIpc) is 2.42. The zero-order valence-corrected chi connectivity index (χ0v) is 13.8. The van der Waals surface area contributed by atoms with Crippen LogP contribution in [0.15, 0.2) is 0 Å². The van der Waals surface area contributed by atoms with Crippen molar-refractivity contribution in [3.63, 3.8) is 0 Å². The number of rotatable bonds is 4. The van der Waals surface area contributed by atoms with Gasteiger partial charge in [-0.1, -0.05) is 19.3 Å². The highest BCUT2D eigenvalue weighted by atomic mass is 127. The number of anilines is 1. The summed E-state index contributed by atoms with van der Waals surface area (Å²) in [5.41, 5.74) is 6.92. The molecule has 0 aliphatic heterocycles. The molecule has 0 radical (unpaired) electrons. The summed E-state index contributed by atoms with van der Waals surface area (Å²) in [5.74, 6) is 1.88. The number of halogens is 1. The second-order valence-corrected chi connectivity index (χ2v) is 6.22. The molecule has 4 nitrogen and oxygen atoms in total. The van der Waals surface area contributed by atoms with Crippen molar-refractivity contribution in [3.8, 4) is 0 Å². The first-order valence-electron chi connectivity index (χ1n) is 7.04. The lowest BCUT2D eigenvalue weighted by molar-refractivity contribution is -0.000213. The molecule has 1 heterocycles. The van der Waals surface area contributed by atoms with Crippen LogP contribution in [0.5, 0.6) is 0 Å². The first-order chi connectivity index (χ1) is 9.13. The Kier molecular flexibility index (Phi) is 5.38. The molecule has 0 bridgehead atoms. The number of aromatic nitrogens is 2. The monoisotopic (exact) mass is 375 g/mol. The van der Waals surface area contributed by atoms with Gasteiger partial charge in [0.2, 0.25) is 0 Å². The van der Waals surface area contributed by atoms with Gasteiger partial charge in [-0.15, -0.1) is 0 Å². The zero-order valence-electron chi connectivity index (χ0n) is 11.7. The van der Waals surface area contributed by atoms with Gasteiger partial charge in [0.25, 0.3) is 0 Å². The Hall–Kier alpha value is -0.430. The van der Waals surface area contributed by atoms with Crippen LogP contribution in [0.3, 0.4) is 0 Å². The van der Waals surface area contributed by atoms with Gasteiger partial charge in [-0.25, -0.2) is 9.97 Å². The van der Waals surface area contributed by atoms with Gasteiger partial charge in [0.1, 0.15) is 11.9 Å². The molecule has 1 aromatic heterocycles. The Bertz CT molecular complexity index is 410. The molecule has 1 fully saturated rings. The maximum Gasteiger partial charge on any atom is 0.160 e. The van der Waals surface area contributed by atoms with Crippen molar-refractivity contribution in [2.24, 2.45) is 5.92 Å². The van der Waals surface area contributed by atoms with E-state index in [1.54, 1.807) is 0 Å². The van der Waals surface area contributed by atoms with Crippen molar-refractivity contribution >= 4 is 28.4 Å². The van der Waals surface area contributed by atoms with Crippen molar-refractivity contribution in [3.05, 3.63) is 15.1 Å². The summed E-state index contributed by atoms with van der Waals surface area (Å²) in [7, 11) is 0. The predicted molar refractivity (Wildman–Crippen MR) is 84.8 cm³/mol. The number of hydrogen-bond donors (Lipinski definition) is 1. The fourth-order valence-corrected chi connectivity index (χ4v) is 3.01. The molecule has 0 amide bonds. The fourth-order valence-electron chi connectivity index (χ4n) is 2.77. The van der Waals surface area contributed by atoms with E-state index in [0.717, 1.165) is 15.1 Å². The summed E-state index contributed by atoms with van der Waals surface area (Å²) in [4.78, 5) is 9.07. The topological polar surface area (TPSA) is 61.0 Å². The summed E-state index contributed by atoms with van der Waals surface area (Å²) < 4.78 is 6.88. The lowest BCUT2D eigenvalue weighted by atomic mass is 9.85. The molecule has 1 aliphatic carbocycles. The summed E-state index contributed by atoms with van der Waals surface area (Å²) in [5, 5.41) is 0. The lowest BCUT2D eigenvalue weighted by Crippen LogP contribution is -2.22. The van der Waals surface area contributed by atoms with Crippen LogP contribution in [0.2, 0.25) is 0 Å². The average molecular weight is 375 g/mol. The third-order valence-electron chi connectivity index (χ3n) is 3.74. The smallest absolute Gasteiger partial charge is 0.160 e. The molecular formula is C14H22IN3O. The fraction of sp³-hybridized carbons (Fsp3) is 0.714. The standard InChI is InChI=1S/C14H22IN3O/c1-3-19-12(10-7-5-4-6-8-10)14-17-9(2)11(15)13(16)18-14/h10,12H,3-8H2,1-2H3,(H2,16,17,18). The second kappa shape index (κ2) is 6.83. The molecule has 2 rings (SSSR count). The van der Waals surface area contributed by atoms with E-state index in [1.165, 1.54) is 32.1 Å². The van der Waals surface area contributed by atoms with Crippen molar-refractivity contribution < 1.29 is 4.74 Å². The number of hydrogen-bond acceptors (Lipinski definition) is 4. The Morgan fingerprint density at radius 1 is 1.32 bits per heavy atom. The molecule has 2 N–H and O–H groups in total. The van der Waals surface area contributed by atoms with Gasteiger partial charge in [0, 0.05) is 6.61 Å². The lowest BCUT2D eigenvalue weighted by Gasteiger charge is -2.29. The molecule has 1 saturated carbocycles. The van der Waals surface area contributed by atoms with Crippen LogP contribution in [-0.4, -0.2) is 16.6 Å². The van der Waals surface area contributed by atoms with E-state index in [0.29, 0.717) is 18.3 Å². The van der Waals surface area contributed by atoms with Gasteiger partial charge in [-0.2, -0.15) is 0 Å². The molecule has 19 heavy (non-hydrogen) atoms. The third kappa shape index (κ3) is 3.56.